The van der Waals surface area contributed by atoms with Crippen LogP contribution in [-0.2, 0) is 11.0 Å². The number of nitrogens with zero attached hydrogens (tertiary/aromatic N) is 2. The third kappa shape index (κ3) is 3.17. The number of halogens is 3. The lowest BCUT2D eigenvalue weighted by Gasteiger charge is -2.15. The van der Waals surface area contributed by atoms with E-state index >= 15 is 0 Å². The first kappa shape index (κ1) is 16.9. The Labute approximate surface area is 141 Å². The molecule has 2 aromatic rings. The topological polar surface area (TPSA) is 49.7 Å². The van der Waals surface area contributed by atoms with E-state index in [4.69, 9.17) is 0 Å². The fourth-order valence-electron chi connectivity index (χ4n) is 2.61. The van der Waals surface area contributed by atoms with Crippen molar-refractivity contribution >= 4 is 23.1 Å². The van der Waals surface area contributed by atoms with Gasteiger partial charge in [0.15, 0.2) is 5.78 Å². The summed E-state index contributed by atoms with van der Waals surface area (Å²) in [6.07, 6.45) is -4.46. The lowest BCUT2D eigenvalue weighted by atomic mass is 9.94. The number of anilines is 1. The zero-order valence-corrected chi connectivity index (χ0v) is 13.1. The Morgan fingerprint density at radius 2 is 1.64 bits per heavy atom. The molecule has 3 rings (SSSR count). The van der Waals surface area contributed by atoms with E-state index in [0.29, 0.717) is 11.3 Å². The molecule has 1 aliphatic heterocycles. The lowest BCUT2D eigenvalue weighted by Crippen LogP contribution is -2.32. The average Bonchev–Trinajstić information content (AvgIpc) is 2.89. The first-order valence-corrected chi connectivity index (χ1v) is 7.44. The minimum absolute atomic E-state index is 0.181. The van der Waals surface area contributed by atoms with E-state index in [0.717, 1.165) is 29.3 Å². The molecule has 1 heterocycles. The number of carbonyl (C=O) groups is 2. The number of hydrazone groups is 1. The Hall–Kier alpha value is -2.96. The largest absolute Gasteiger partial charge is 0.416 e. The van der Waals surface area contributed by atoms with Crippen molar-refractivity contribution in [1.29, 1.82) is 0 Å². The van der Waals surface area contributed by atoms with Crippen LogP contribution in [0.1, 0.15) is 22.8 Å². The fraction of sp³-hybridized carbons (Fsp3) is 0.167. The first-order chi connectivity index (χ1) is 11.8. The molecule has 0 N–H and O–H groups in total. The van der Waals surface area contributed by atoms with Crippen molar-refractivity contribution in [3.63, 3.8) is 0 Å². The highest BCUT2D eigenvalue weighted by Crippen LogP contribution is 2.32. The Bertz CT molecular complexity index is 843. The highest BCUT2D eigenvalue weighted by Gasteiger charge is 2.40. The number of hydrogen-bond acceptors (Lipinski definition) is 3. The van der Waals surface area contributed by atoms with Crippen LogP contribution in [0.15, 0.2) is 59.7 Å². The van der Waals surface area contributed by atoms with Crippen LogP contribution in [0.4, 0.5) is 18.9 Å². The van der Waals surface area contributed by atoms with E-state index in [-0.39, 0.29) is 11.5 Å². The predicted octanol–water partition coefficient (Wildman–Crippen LogP) is 3.93. The van der Waals surface area contributed by atoms with Gasteiger partial charge < -0.3 is 0 Å². The molecule has 25 heavy (non-hydrogen) atoms. The number of benzene rings is 2. The van der Waals surface area contributed by atoms with E-state index in [1.165, 1.54) is 0 Å². The minimum Gasteiger partial charge on any atom is -0.293 e. The molecular weight excluding hydrogens is 333 g/mol. The summed E-state index contributed by atoms with van der Waals surface area (Å²) in [6.45, 7) is 1.55. The van der Waals surface area contributed by atoms with Crippen LogP contribution in [0.3, 0.4) is 0 Å². The molecule has 1 unspecified atom stereocenters. The van der Waals surface area contributed by atoms with Crippen molar-refractivity contribution in [2.45, 2.75) is 13.1 Å². The summed E-state index contributed by atoms with van der Waals surface area (Å²) in [4.78, 5) is 25.1. The normalized spacial score (nSPS) is 17.6. The van der Waals surface area contributed by atoms with Gasteiger partial charge in [-0.15, -0.1) is 0 Å². The van der Waals surface area contributed by atoms with Gasteiger partial charge in [0.05, 0.1) is 17.0 Å². The molecule has 128 valence electrons. The van der Waals surface area contributed by atoms with Gasteiger partial charge in [0.2, 0.25) is 0 Å². The van der Waals surface area contributed by atoms with Crippen molar-refractivity contribution in [2.24, 2.45) is 11.0 Å². The summed E-state index contributed by atoms with van der Waals surface area (Å²) in [5, 5.41) is 5.03. The van der Waals surface area contributed by atoms with Crippen molar-refractivity contribution in [1.82, 2.24) is 0 Å². The maximum Gasteiger partial charge on any atom is 0.416 e. The van der Waals surface area contributed by atoms with Crippen molar-refractivity contribution in [3.05, 3.63) is 65.7 Å². The molecule has 4 nitrogen and oxygen atoms in total. The van der Waals surface area contributed by atoms with Gasteiger partial charge in [0, 0.05) is 5.56 Å². The molecule has 0 saturated heterocycles. The van der Waals surface area contributed by atoms with Gasteiger partial charge >= 0.3 is 6.18 Å². The molecule has 0 aromatic heterocycles. The second-order valence-electron chi connectivity index (χ2n) is 5.60. The number of carbonyl (C=O) groups excluding carboxylic acids is 2. The van der Waals surface area contributed by atoms with E-state index in [2.05, 4.69) is 5.10 Å². The molecule has 1 amide bonds. The summed E-state index contributed by atoms with van der Waals surface area (Å²) in [5.41, 5.74) is 0.0460. The van der Waals surface area contributed by atoms with Crippen LogP contribution >= 0.6 is 0 Å². The number of rotatable bonds is 3. The van der Waals surface area contributed by atoms with Gasteiger partial charge in [-0.1, -0.05) is 30.3 Å². The van der Waals surface area contributed by atoms with Gasteiger partial charge in [-0.25, -0.2) is 0 Å². The Balaban J connectivity index is 1.87. The van der Waals surface area contributed by atoms with Gasteiger partial charge in [-0.05, 0) is 31.2 Å². The van der Waals surface area contributed by atoms with Crippen LogP contribution in [0, 0.1) is 5.92 Å². The monoisotopic (exact) mass is 346 g/mol. The molecule has 0 aliphatic carbocycles. The Kier molecular flexibility index (Phi) is 4.16. The molecular formula is C18H13F3N2O2. The summed E-state index contributed by atoms with van der Waals surface area (Å²) >= 11 is 0. The standard InChI is InChI=1S/C18H13F3N2O2/c1-11-15(16(24)12-5-3-2-4-6-12)17(25)23(22-11)14-9-7-13(8-10-14)18(19,20)21/h2-10,15H,1H3. The minimum atomic E-state index is -4.46. The van der Waals surface area contributed by atoms with E-state index in [1.807, 2.05) is 0 Å². The Morgan fingerprint density at radius 3 is 2.20 bits per heavy atom. The third-order valence-corrected chi connectivity index (χ3v) is 3.89. The van der Waals surface area contributed by atoms with Gasteiger partial charge in [-0.2, -0.15) is 23.3 Å². The van der Waals surface area contributed by atoms with E-state index < -0.39 is 23.6 Å². The highest BCUT2D eigenvalue weighted by atomic mass is 19.4. The van der Waals surface area contributed by atoms with E-state index in [1.54, 1.807) is 37.3 Å². The first-order valence-electron chi connectivity index (χ1n) is 7.44. The van der Waals surface area contributed by atoms with Gasteiger partial charge in [0.1, 0.15) is 5.92 Å². The molecule has 1 aliphatic rings. The van der Waals surface area contributed by atoms with Gasteiger partial charge in [0.25, 0.3) is 5.91 Å². The van der Waals surface area contributed by atoms with Gasteiger partial charge in [-0.3, -0.25) is 9.59 Å². The molecule has 0 radical (unpaired) electrons. The van der Waals surface area contributed by atoms with E-state index in [9.17, 15) is 22.8 Å². The SMILES string of the molecule is CC1=NN(c2ccc(C(F)(F)F)cc2)C(=O)C1C(=O)c1ccccc1. The molecule has 1 atom stereocenters. The molecule has 2 aromatic carbocycles. The Morgan fingerprint density at radius 1 is 1.04 bits per heavy atom. The average molecular weight is 346 g/mol. The zero-order valence-electron chi connectivity index (χ0n) is 13.1. The number of ketones is 1. The smallest absolute Gasteiger partial charge is 0.293 e. The molecule has 0 bridgehead atoms. The second kappa shape index (κ2) is 6.16. The lowest BCUT2D eigenvalue weighted by molar-refractivity contribution is -0.137. The maximum absolute atomic E-state index is 12.6. The van der Waals surface area contributed by atoms with Crippen molar-refractivity contribution in [3.8, 4) is 0 Å². The predicted molar refractivity (Wildman–Crippen MR) is 86.3 cm³/mol. The summed E-state index contributed by atoms with van der Waals surface area (Å²) in [6, 6.07) is 12.4. The highest BCUT2D eigenvalue weighted by molar-refractivity contribution is 6.30. The third-order valence-electron chi connectivity index (χ3n) is 3.89. The number of amides is 1. The maximum atomic E-state index is 12.6. The fourth-order valence-corrected chi connectivity index (χ4v) is 2.61. The number of Topliss-reactive ketones (excluding diaryl/α,β-unsaturated/α-hetero) is 1. The molecule has 0 spiro atoms. The molecule has 0 fully saturated rings. The van der Waals surface area contributed by atoms with Crippen LogP contribution in [-0.4, -0.2) is 17.4 Å². The molecule has 0 saturated carbocycles. The zero-order chi connectivity index (χ0) is 18.2. The summed E-state index contributed by atoms with van der Waals surface area (Å²) in [7, 11) is 0. The molecule has 7 heteroatoms. The summed E-state index contributed by atoms with van der Waals surface area (Å²) in [5.74, 6) is -2.03. The number of alkyl halides is 3. The van der Waals surface area contributed by atoms with Crippen LogP contribution in [0.2, 0.25) is 0 Å². The second-order valence-corrected chi connectivity index (χ2v) is 5.60. The summed E-state index contributed by atoms with van der Waals surface area (Å²) < 4.78 is 37.9. The van der Waals surface area contributed by atoms with Crippen LogP contribution in [0.5, 0.6) is 0 Å². The quantitative estimate of drug-likeness (QED) is 0.625. The number of hydrogen-bond donors (Lipinski definition) is 0. The van der Waals surface area contributed by atoms with Crippen molar-refractivity contribution in [2.75, 3.05) is 5.01 Å². The van der Waals surface area contributed by atoms with Crippen LogP contribution < -0.4 is 5.01 Å². The van der Waals surface area contributed by atoms with Crippen molar-refractivity contribution < 1.29 is 22.8 Å². The van der Waals surface area contributed by atoms with Crippen LogP contribution in [0.25, 0.3) is 0 Å².